The molecule has 0 saturated heterocycles. The SMILES string of the molecule is COc1ccc(C(CC(C)C)NC(=S)Nc2cc(C)ccn2)cc1. The van der Waals surface area contributed by atoms with Gasteiger partial charge >= 0.3 is 0 Å². The van der Waals surface area contributed by atoms with E-state index in [0.29, 0.717) is 11.0 Å². The van der Waals surface area contributed by atoms with E-state index in [-0.39, 0.29) is 6.04 Å². The van der Waals surface area contributed by atoms with Gasteiger partial charge in [0.15, 0.2) is 5.11 Å². The van der Waals surface area contributed by atoms with Crippen molar-refractivity contribution in [2.75, 3.05) is 12.4 Å². The van der Waals surface area contributed by atoms with Gasteiger partial charge in [-0.05, 0) is 66.9 Å². The van der Waals surface area contributed by atoms with Crippen molar-refractivity contribution in [2.45, 2.75) is 33.2 Å². The molecule has 1 heterocycles. The molecule has 4 nitrogen and oxygen atoms in total. The minimum atomic E-state index is 0.140. The fourth-order valence-electron chi connectivity index (χ4n) is 2.50. The van der Waals surface area contributed by atoms with Crippen LogP contribution in [-0.2, 0) is 0 Å². The predicted octanol–water partition coefficient (Wildman–Crippen LogP) is 4.47. The van der Waals surface area contributed by atoms with Crippen molar-refractivity contribution in [2.24, 2.45) is 5.92 Å². The van der Waals surface area contributed by atoms with Gasteiger partial charge in [-0.1, -0.05) is 26.0 Å². The summed E-state index contributed by atoms with van der Waals surface area (Å²) in [6.07, 6.45) is 2.75. The van der Waals surface area contributed by atoms with Crippen LogP contribution in [0.15, 0.2) is 42.6 Å². The number of benzene rings is 1. The van der Waals surface area contributed by atoms with Crippen LogP contribution in [0.1, 0.15) is 37.4 Å². The van der Waals surface area contributed by atoms with Crippen LogP contribution in [0.4, 0.5) is 5.82 Å². The van der Waals surface area contributed by atoms with Gasteiger partial charge in [0.25, 0.3) is 0 Å². The molecule has 0 saturated carbocycles. The van der Waals surface area contributed by atoms with Gasteiger partial charge in [-0.3, -0.25) is 0 Å². The molecule has 5 heteroatoms. The van der Waals surface area contributed by atoms with Crippen molar-refractivity contribution < 1.29 is 4.74 Å². The second kappa shape index (κ2) is 8.64. The van der Waals surface area contributed by atoms with Crippen molar-refractivity contribution in [1.29, 1.82) is 0 Å². The third kappa shape index (κ3) is 5.49. The number of hydrogen-bond acceptors (Lipinski definition) is 3. The molecule has 2 rings (SSSR count). The third-order valence-electron chi connectivity index (χ3n) is 3.69. The Bertz CT molecular complexity index is 671. The van der Waals surface area contributed by atoms with Crippen LogP contribution in [0.25, 0.3) is 0 Å². The van der Waals surface area contributed by atoms with E-state index in [9.17, 15) is 0 Å². The molecule has 0 radical (unpaired) electrons. The summed E-state index contributed by atoms with van der Waals surface area (Å²) in [5, 5.41) is 7.15. The van der Waals surface area contributed by atoms with E-state index in [1.807, 2.05) is 31.2 Å². The Hall–Kier alpha value is -2.14. The number of nitrogens with zero attached hydrogens (tertiary/aromatic N) is 1. The molecule has 1 unspecified atom stereocenters. The first-order chi connectivity index (χ1) is 11.5. The molecule has 1 atom stereocenters. The number of ether oxygens (including phenoxy) is 1. The Kier molecular flexibility index (Phi) is 6.55. The Morgan fingerprint density at radius 3 is 2.50 bits per heavy atom. The number of hydrogen-bond donors (Lipinski definition) is 2. The lowest BCUT2D eigenvalue weighted by atomic mass is 9.97. The lowest BCUT2D eigenvalue weighted by Crippen LogP contribution is -2.33. The zero-order valence-corrected chi connectivity index (χ0v) is 15.5. The molecular formula is C19H25N3OS. The standard InChI is InChI=1S/C19H25N3OS/c1-13(2)11-17(15-5-7-16(23-4)8-6-15)21-19(24)22-18-12-14(3)9-10-20-18/h5-10,12-13,17H,11H2,1-4H3,(H2,20,21,22,24). The average Bonchev–Trinajstić information content (AvgIpc) is 2.54. The lowest BCUT2D eigenvalue weighted by Gasteiger charge is -2.23. The second-order valence-corrected chi connectivity index (χ2v) is 6.68. The van der Waals surface area contributed by atoms with Crippen molar-refractivity contribution in [3.05, 3.63) is 53.7 Å². The summed E-state index contributed by atoms with van der Waals surface area (Å²) in [7, 11) is 1.67. The van der Waals surface area contributed by atoms with E-state index in [2.05, 4.69) is 41.6 Å². The molecule has 1 aromatic heterocycles. The number of rotatable bonds is 6. The van der Waals surface area contributed by atoms with Crippen molar-refractivity contribution >= 4 is 23.1 Å². The van der Waals surface area contributed by atoms with Crippen molar-refractivity contribution in [1.82, 2.24) is 10.3 Å². The van der Waals surface area contributed by atoms with E-state index >= 15 is 0 Å². The van der Waals surface area contributed by atoms with E-state index in [0.717, 1.165) is 23.6 Å². The average molecular weight is 343 g/mol. The van der Waals surface area contributed by atoms with Crippen LogP contribution in [0, 0.1) is 12.8 Å². The minimum Gasteiger partial charge on any atom is -0.497 e. The van der Waals surface area contributed by atoms with Gasteiger partial charge in [-0.25, -0.2) is 4.98 Å². The zero-order chi connectivity index (χ0) is 17.5. The summed E-state index contributed by atoms with van der Waals surface area (Å²) in [6.45, 7) is 6.44. The van der Waals surface area contributed by atoms with E-state index in [4.69, 9.17) is 17.0 Å². The number of aryl methyl sites for hydroxylation is 1. The van der Waals surface area contributed by atoms with Gasteiger partial charge in [0.05, 0.1) is 13.2 Å². The smallest absolute Gasteiger partial charge is 0.172 e. The minimum absolute atomic E-state index is 0.140. The van der Waals surface area contributed by atoms with Crippen LogP contribution >= 0.6 is 12.2 Å². The highest BCUT2D eigenvalue weighted by Gasteiger charge is 2.15. The summed E-state index contributed by atoms with van der Waals surface area (Å²) in [4.78, 5) is 4.29. The number of thiocarbonyl (C=S) groups is 1. The molecule has 1 aromatic carbocycles. The van der Waals surface area contributed by atoms with Crippen LogP contribution in [0.2, 0.25) is 0 Å². The van der Waals surface area contributed by atoms with Crippen LogP contribution in [0.3, 0.4) is 0 Å². The monoisotopic (exact) mass is 343 g/mol. The summed E-state index contributed by atoms with van der Waals surface area (Å²) in [6, 6.07) is 12.2. The quantitative estimate of drug-likeness (QED) is 0.758. The summed E-state index contributed by atoms with van der Waals surface area (Å²) >= 11 is 5.47. The molecule has 0 fully saturated rings. The highest BCUT2D eigenvalue weighted by molar-refractivity contribution is 7.80. The highest BCUT2D eigenvalue weighted by Crippen LogP contribution is 2.23. The fraction of sp³-hybridized carbons (Fsp3) is 0.368. The Morgan fingerprint density at radius 1 is 1.21 bits per heavy atom. The Labute approximate surface area is 149 Å². The maximum Gasteiger partial charge on any atom is 0.172 e. The van der Waals surface area contributed by atoms with Gasteiger partial charge in [0, 0.05) is 6.20 Å². The Balaban J connectivity index is 2.08. The van der Waals surface area contributed by atoms with Gasteiger partial charge in [0.1, 0.15) is 11.6 Å². The summed E-state index contributed by atoms with van der Waals surface area (Å²) < 4.78 is 5.23. The maximum atomic E-state index is 5.47. The number of aromatic nitrogens is 1. The van der Waals surface area contributed by atoms with Crippen LogP contribution < -0.4 is 15.4 Å². The highest BCUT2D eigenvalue weighted by atomic mass is 32.1. The molecule has 2 N–H and O–H groups in total. The van der Waals surface area contributed by atoms with E-state index in [1.165, 1.54) is 5.56 Å². The fourth-order valence-corrected chi connectivity index (χ4v) is 2.75. The van der Waals surface area contributed by atoms with Gasteiger partial charge < -0.3 is 15.4 Å². The molecule has 0 aliphatic heterocycles. The topological polar surface area (TPSA) is 46.2 Å². The Morgan fingerprint density at radius 2 is 1.92 bits per heavy atom. The molecule has 24 heavy (non-hydrogen) atoms. The van der Waals surface area contributed by atoms with E-state index in [1.54, 1.807) is 13.3 Å². The predicted molar refractivity (Wildman–Crippen MR) is 104 cm³/mol. The first-order valence-electron chi connectivity index (χ1n) is 8.12. The number of nitrogens with one attached hydrogen (secondary N) is 2. The second-order valence-electron chi connectivity index (χ2n) is 6.27. The van der Waals surface area contributed by atoms with Gasteiger partial charge in [-0.15, -0.1) is 0 Å². The first kappa shape index (κ1) is 18.2. The molecule has 0 spiro atoms. The van der Waals surface area contributed by atoms with E-state index < -0.39 is 0 Å². The number of pyridine rings is 1. The molecular weight excluding hydrogens is 318 g/mol. The molecule has 0 aliphatic carbocycles. The van der Waals surface area contributed by atoms with Gasteiger partial charge in [-0.2, -0.15) is 0 Å². The lowest BCUT2D eigenvalue weighted by molar-refractivity contribution is 0.414. The normalized spacial score (nSPS) is 11.9. The molecule has 0 bridgehead atoms. The summed E-state index contributed by atoms with van der Waals surface area (Å²) in [5.41, 5.74) is 2.33. The number of anilines is 1. The molecule has 128 valence electrons. The van der Waals surface area contributed by atoms with Crippen molar-refractivity contribution in [3.8, 4) is 5.75 Å². The zero-order valence-electron chi connectivity index (χ0n) is 14.7. The van der Waals surface area contributed by atoms with Crippen LogP contribution in [-0.4, -0.2) is 17.2 Å². The largest absolute Gasteiger partial charge is 0.497 e. The molecule has 0 aliphatic rings. The van der Waals surface area contributed by atoms with Gasteiger partial charge in [0.2, 0.25) is 0 Å². The summed E-state index contributed by atoms with van der Waals surface area (Å²) in [5.74, 6) is 2.15. The first-order valence-corrected chi connectivity index (χ1v) is 8.53. The maximum absolute atomic E-state index is 5.47. The third-order valence-corrected chi connectivity index (χ3v) is 3.91. The molecule has 2 aromatic rings. The molecule has 0 amide bonds. The number of methoxy groups -OCH3 is 1. The van der Waals surface area contributed by atoms with Crippen LogP contribution in [0.5, 0.6) is 5.75 Å². The van der Waals surface area contributed by atoms with Crippen molar-refractivity contribution in [3.63, 3.8) is 0 Å².